The summed E-state index contributed by atoms with van der Waals surface area (Å²) < 4.78 is 0. The van der Waals surface area contributed by atoms with E-state index in [9.17, 15) is 0 Å². The second-order valence-electron chi connectivity index (χ2n) is 4.40. The highest BCUT2D eigenvalue weighted by Crippen LogP contribution is 2.31. The minimum atomic E-state index is 0.498. The van der Waals surface area contributed by atoms with Gasteiger partial charge in [0, 0.05) is 16.5 Å². The number of nitrogen functional groups attached to an aromatic ring is 1. The standard InChI is InChI=1S/C15H12ClN3S/c1-9-13(10-5-3-2-4-6-10)18-15(19-14(9)17)12-7-11(16)8-20-12/h2-8H,1H3,(H2,17,18,19). The number of aromatic nitrogens is 2. The average molecular weight is 302 g/mol. The van der Waals surface area contributed by atoms with E-state index < -0.39 is 0 Å². The van der Waals surface area contributed by atoms with Gasteiger partial charge in [-0.25, -0.2) is 9.97 Å². The maximum atomic E-state index is 6.02. The van der Waals surface area contributed by atoms with Gasteiger partial charge in [-0.3, -0.25) is 0 Å². The molecule has 0 fully saturated rings. The van der Waals surface area contributed by atoms with Gasteiger partial charge in [-0.15, -0.1) is 11.3 Å². The molecule has 0 radical (unpaired) electrons. The lowest BCUT2D eigenvalue weighted by Crippen LogP contribution is -2.01. The highest BCUT2D eigenvalue weighted by atomic mass is 35.5. The molecule has 0 bridgehead atoms. The van der Waals surface area contributed by atoms with E-state index in [1.807, 2.05) is 48.7 Å². The lowest BCUT2D eigenvalue weighted by Gasteiger charge is -2.09. The Balaban J connectivity index is 2.18. The second-order valence-corrected chi connectivity index (χ2v) is 5.75. The van der Waals surface area contributed by atoms with Crippen LogP contribution in [0.3, 0.4) is 0 Å². The van der Waals surface area contributed by atoms with Crippen molar-refractivity contribution in [3.05, 3.63) is 52.4 Å². The first-order chi connectivity index (χ1) is 9.65. The molecule has 0 aliphatic heterocycles. The van der Waals surface area contributed by atoms with Crippen molar-refractivity contribution in [3.63, 3.8) is 0 Å². The van der Waals surface area contributed by atoms with Crippen LogP contribution in [0.15, 0.2) is 41.8 Å². The maximum Gasteiger partial charge on any atom is 0.172 e. The van der Waals surface area contributed by atoms with Crippen molar-refractivity contribution in [1.82, 2.24) is 9.97 Å². The zero-order valence-electron chi connectivity index (χ0n) is 10.8. The Morgan fingerprint density at radius 2 is 1.90 bits per heavy atom. The van der Waals surface area contributed by atoms with E-state index in [1.165, 1.54) is 11.3 Å². The van der Waals surface area contributed by atoms with Gasteiger partial charge in [-0.2, -0.15) is 0 Å². The normalized spacial score (nSPS) is 10.7. The van der Waals surface area contributed by atoms with E-state index in [-0.39, 0.29) is 0 Å². The van der Waals surface area contributed by atoms with Crippen LogP contribution in [0.4, 0.5) is 5.82 Å². The van der Waals surface area contributed by atoms with Crippen molar-refractivity contribution in [3.8, 4) is 22.0 Å². The average Bonchev–Trinajstić information content (AvgIpc) is 2.89. The maximum absolute atomic E-state index is 6.02. The van der Waals surface area contributed by atoms with Gasteiger partial charge in [0.1, 0.15) is 5.82 Å². The van der Waals surface area contributed by atoms with Crippen molar-refractivity contribution in [2.75, 3.05) is 5.73 Å². The largest absolute Gasteiger partial charge is 0.383 e. The van der Waals surface area contributed by atoms with E-state index in [4.69, 9.17) is 17.3 Å². The molecule has 3 nitrogen and oxygen atoms in total. The lowest BCUT2D eigenvalue weighted by atomic mass is 10.1. The molecule has 0 unspecified atom stereocenters. The van der Waals surface area contributed by atoms with Crippen LogP contribution in [0.5, 0.6) is 0 Å². The van der Waals surface area contributed by atoms with Gasteiger partial charge in [0.05, 0.1) is 15.6 Å². The number of rotatable bonds is 2. The molecule has 2 N–H and O–H groups in total. The molecule has 20 heavy (non-hydrogen) atoms. The summed E-state index contributed by atoms with van der Waals surface area (Å²) in [7, 11) is 0. The summed E-state index contributed by atoms with van der Waals surface area (Å²) >= 11 is 7.47. The van der Waals surface area contributed by atoms with Gasteiger partial charge in [0.2, 0.25) is 0 Å². The third kappa shape index (κ3) is 2.40. The van der Waals surface area contributed by atoms with Crippen molar-refractivity contribution >= 4 is 28.8 Å². The first-order valence-electron chi connectivity index (χ1n) is 6.09. The monoisotopic (exact) mass is 301 g/mol. The van der Waals surface area contributed by atoms with E-state index >= 15 is 0 Å². The Morgan fingerprint density at radius 3 is 2.55 bits per heavy atom. The minimum Gasteiger partial charge on any atom is -0.383 e. The van der Waals surface area contributed by atoms with Crippen LogP contribution >= 0.6 is 22.9 Å². The summed E-state index contributed by atoms with van der Waals surface area (Å²) in [6, 6.07) is 11.8. The van der Waals surface area contributed by atoms with E-state index in [2.05, 4.69) is 9.97 Å². The number of anilines is 1. The smallest absolute Gasteiger partial charge is 0.172 e. The highest BCUT2D eigenvalue weighted by Gasteiger charge is 2.13. The van der Waals surface area contributed by atoms with Gasteiger partial charge >= 0.3 is 0 Å². The van der Waals surface area contributed by atoms with E-state index in [0.29, 0.717) is 16.7 Å². The first kappa shape index (κ1) is 13.1. The number of benzene rings is 1. The summed E-state index contributed by atoms with van der Waals surface area (Å²) in [6.07, 6.45) is 0. The van der Waals surface area contributed by atoms with Crippen LogP contribution in [-0.4, -0.2) is 9.97 Å². The van der Waals surface area contributed by atoms with Crippen molar-refractivity contribution in [2.45, 2.75) is 6.92 Å². The van der Waals surface area contributed by atoms with Crippen molar-refractivity contribution < 1.29 is 0 Å². The van der Waals surface area contributed by atoms with Crippen LogP contribution in [0, 0.1) is 6.92 Å². The van der Waals surface area contributed by atoms with Gasteiger partial charge in [0.15, 0.2) is 5.82 Å². The molecule has 5 heteroatoms. The number of thiophene rings is 1. The third-order valence-corrected chi connectivity index (χ3v) is 4.29. The molecule has 3 aromatic rings. The molecule has 100 valence electrons. The molecule has 3 rings (SSSR count). The van der Waals surface area contributed by atoms with Crippen LogP contribution in [0.1, 0.15) is 5.56 Å². The lowest BCUT2D eigenvalue weighted by molar-refractivity contribution is 1.16. The summed E-state index contributed by atoms with van der Waals surface area (Å²) in [5.74, 6) is 1.11. The zero-order valence-corrected chi connectivity index (χ0v) is 12.4. The molecule has 0 saturated carbocycles. The van der Waals surface area contributed by atoms with Crippen molar-refractivity contribution in [2.24, 2.45) is 0 Å². The molecular weight excluding hydrogens is 290 g/mol. The number of hydrogen-bond donors (Lipinski definition) is 1. The topological polar surface area (TPSA) is 51.8 Å². The molecule has 2 heterocycles. The Hall–Kier alpha value is -1.91. The Labute approximate surface area is 126 Å². The molecule has 0 saturated heterocycles. The minimum absolute atomic E-state index is 0.498. The Morgan fingerprint density at radius 1 is 1.15 bits per heavy atom. The van der Waals surface area contributed by atoms with Gasteiger partial charge in [0.25, 0.3) is 0 Å². The fourth-order valence-corrected chi connectivity index (χ4v) is 2.96. The number of nitrogens with two attached hydrogens (primary N) is 1. The molecular formula is C15H12ClN3S. The van der Waals surface area contributed by atoms with E-state index in [1.54, 1.807) is 0 Å². The second kappa shape index (κ2) is 5.23. The number of halogens is 1. The fourth-order valence-electron chi connectivity index (χ4n) is 1.95. The first-order valence-corrected chi connectivity index (χ1v) is 7.35. The predicted octanol–water partition coefficient (Wildman–Crippen LogP) is 4.42. The predicted molar refractivity (Wildman–Crippen MR) is 84.9 cm³/mol. The van der Waals surface area contributed by atoms with Crippen molar-refractivity contribution in [1.29, 1.82) is 0 Å². The Kier molecular flexibility index (Phi) is 3.42. The molecule has 0 spiro atoms. The summed E-state index contributed by atoms with van der Waals surface area (Å²) in [5, 5.41) is 2.55. The van der Waals surface area contributed by atoms with Gasteiger partial charge < -0.3 is 5.73 Å². The zero-order chi connectivity index (χ0) is 14.1. The van der Waals surface area contributed by atoms with Crippen LogP contribution in [0.25, 0.3) is 22.0 Å². The molecule has 2 aromatic heterocycles. The quantitative estimate of drug-likeness (QED) is 0.762. The molecule has 1 aromatic carbocycles. The SMILES string of the molecule is Cc1c(N)nc(-c2cc(Cl)cs2)nc1-c1ccccc1. The molecule has 0 aliphatic carbocycles. The number of hydrogen-bond acceptors (Lipinski definition) is 4. The summed E-state index contributed by atoms with van der Waals surface area (Å²) in [6.45, 7) is 1.93. The van der Waals surface area contributed by atoms with Gasteiger partial charge in [-0.1, -0.05) is 41.9 Å². The van der Waals surface area contributed by atoms with Crippen LogP contribution in [-0.2, 0) is 0 Å². The molecule has 0 atom stereocenters. The summed E-state index contributed by atoms with van der Waals surface area (Å²) in [5.41, 5.74) is 8.80. The molecule has 0 aliphatic rings. The summed E-state index contributed by atoms with van der Waals surface area (Å²) in [4.78, 5) is 9.92. The Bertz CT molecular complexity index is 753. The number of nitrogens with zero attached hydrogens (tertiary/aromatic N) is 2. The highest BCUT2D eigenvalue weighted by molar-refractivity contribution is 7.14. The van der Waals surface area contributed by atoms with Gasteiger partial charge in [-0.05, 0) is 13.0 Å². The van der Waals surface area contributed by atoms with Crippen LogP contribution < -0.4 is 5.73 Å². The van der Waals surface area contributed by atoms with E-state index in [0.717, 1.165) is 21.7 Å². The third-order valence-electron chi connectivity index (χ3n) is 3.02. The van der Waals surface area contributed by atoms with Crippen LogP contribution in [0.2, 0.25) is 5.02 Å². The fraction of sp³-hybridized carbons (Fsp3) is 0.0667. The molecule has 0 amide bonds.